The molecule has 0 saturated heterocycles. The van der Waals surface area contributed by atoms with E-state index in [1.807, 2.05) is 37.3 Å². The average molecular weight is 436 g/mol. The molecule has 2 aromatic heterocycles. The molecule has 7 nitrogen and oxygen atoms in total. The fraction of sp³-hybridized carbons (Fsp3) is 0.174. The summed E-state index contributed by atoms with van der Waals surface area (Å²) in [6.07, 6.45) is 2.08. The molecule has 0 bridgehead atoms. The Balaban J connectivity index is 1.50. The highest BCUT2D eigenvalue weighted by Crippen LogP contribution is 2.33. The van der Waals surface area contributed by atoms with E-state index in [-0.39, 0.29) is 18.5 Å². The Hall–Kier alpha value is -3.58. The third-order valence-corrected chi connectivity index (χ3v) is 5.58. The molecular formula is C23H18ClN3O4. The van der Waals surface area contributed by atoms with Crippen LogP contribution in [0, 0.1) is 6.92 Å². The van der Waals surface area contributed by atoms with Crippen LogP contribution in [0.4, 0.5) is 0 Å². The number of hydrogen-bond acceptors (Lipinski definition) is 5. The zero-order chi connectivity index (χ0) is 21.5. The Morgan fingerprint density at radius 3 is 2.74 bits per heavy atom. The molecule has 4 aromatic rings. The van der Waals surface area contributed by atoms with Crippen LogP contribution in [0.15, 0.2) is 79.6 Å². The average Bonchev–Trinajstić information content (AvgIpc) is 3.47. The van der Waals surface area contributed by atoms with Crippen LogP contribution >= 0.6 is 11.6 Å². The van der Waals surface area contributed by atoms with Gasteiger partial charge in [0.1, 0.15) is 18.3 Å². The Kier molecular flexibility index (Phi) is 4.75. The van der Waals surface area contributed by atoms with E-state index in [1.165, 1.54) is 9.58 Å². The normalized spacial score (nSPS) is 16.1. The molecule has 0 saturated carbocycles. The molecule has 156 valence electrons. The number of nitrogens with zero attached hydrogens (tertiary/aromatic N) is 3. The van der Waals surface area contributed by atoms with Crippen molar-refractivity contribution in [3.05, 3.63) is 93.3 Å². The van der Waals surface area contributed by atoms with Crippen LogP contribution in [0.3, 0.4) is 0 Å². The minimum absolute atomic E-state index is 0.213. The van der Waals surface area contributed by atoms with E-state index in [0.717, 1.165) is 16.8 Å². The molecule has 2 aromatic carbocycles. The lowest BCUT2D eigenvalue weighted by molar-refractivity contribution is -0.134. The monoisotopic (exact) mass is 435 g/mol. The molecule has 1 aliphatic rings. The summed E-state index contributed by atoms with van der Waals surface area (Å²) in [6, 6.07) is 16.0. The highest BCUT2D eigenvalue weighted by molar-refractivity contribution is 6.31. The molecule has 1 atom stereocenters. The molecule has 1 unspecified atom stereocenters. The highest BCUT2D eigenvalue weighted by Gasteiger charge is 2.35. The molecule has 1 amide bonds. The van der Waals surface area contributed by atoms with E-state index in [9.17, 15) is 9.59 Å². The summed E-state index contributed by atoms with van der Waals surface area (Å²) in [5.74, 6) is -0.333. The predicted octanol–water partition coefficient (Wildman–Crippen LogP) is 4.53. The molecule has 3 heterocycles. The van der Waals surface area contributed by atoms with Crippen molar-refractivity contribution in [2.45, 2.75) is 25.9 Å². The van der Waals surface area contributed by atoms with Crippen LogP contribution in [0.5, 0.6) is 0 Å². The number of amides is 1. The van der Waals surface area contributed by atoms with E-state index in [1.54, 1.807) is 30.5 Å². The number of furan rings is 1. The van der Waals surface area contributed by atoms with Crippen LogP contribution in [-0.4, -0.2) is 21.2 Å². The van der Waals surface area contributed by atoms with Crippen molar-refractivity contribution in [1.82, 2.24) is 9.58 Å². The second-order valence-electron chi connectivity index (χ2n) is 7.45. The van der Waals surface area contributed by atoms with Crippen LogP contribution < -0.4 is 5.76 Å². The van der Waals surface area contributed by atoms with Gasteiger partial charge in [0.15, 0.2) is 5.58 Å². The van der Waals surface area contributed by atoms with E-state index in [2.05, 4.69) is 5.10 Å². The number of carbonyl (C=O) groups excluding carboxylic acids is 1. The fourth-order valence-corrected chi connectivity index (χ4v) is 3.92. The van der Waals surface area contributed by atoms with Gasteiger partial charge in [0.25, 0.3) is 5.91 Å². The van der Waals surface area contributed by atoms with Crippen LogP contribution in [0.25, 0.3) is 11.1 Å². The number of fused-ring (bicyclic) bond motifs is 1. The van der Waals surface area contributed by atoms with Crippen molar-refractivity contribution in [3.63, 3.8) is 0 Å². The van der Waals surface area contributed by atoms with Crippen molar-refractivity contribution in [1.29, 1.82) is 0 Å². The molecule has 31 heavy (non-hydrogen) atoms. The summed E-state index contributed by atoms with van der Waals surface area (Å²) in [4.78, 5) is 25.6. The van der Waals surface area contributed by atoms with E-state index < -0.39 is 5.76 Å². The molecule has 0 radical (unpaired) electrons. The SMILES string of the molecule is Cc1ccc(C2=NN(C(=O)Cn3c(=O)oc4cc(Cl)ccc43)C(c3ccco3)C2)cc1. The van der Waals surface area contributed by atoms with Gasteiger partial charge in [-0.05, 0) is 36.8 Å². The number of hydrogen-bond donors (Lipinski definition) is 0. The Labute approximate surface area is 182 Å². The van der Waals surface area contributed by atoms with Gasteiger partial charge in [-0.15, -0.1) is 0 Å². The molecule has 5 rings (SSSR count). The maximum Gasteiger partial charge on any atom is 0.420 e. The van der Waals surface area contributed by atoms with Gasteiger partial charge in [0.2, 0.25) is 0 Å². The van der Waals surface area contributed by atoms with Gasteiger partial charge in [0.05, 0.1) is 17.5 Å². The largest absolute Gasteiger partial charge is 0.467 e. The highest BCUT2D eigenvalue weighted by atomic mass is 35.5. The summed E-state index contributed by atoms with van der Waals surface area (Å²) in [5, 5.41) is 6.45. The zero-order valence-electron chi connectivity index (χ0n) is 16.6. The lowest BCUT2D eigenvalue weighted by Gasteiger charge is -2.19. The van der Waals surface area contributed by atoms with Crippen LogP contribution in [0.1, 0.15) is 29.3 Å². The zero-order valence-corrected chi connectivity index (χ0v) is 17.4. The lowest BCUT2D eigenvalue weighted by atomic mass is 10.0. The molecule has 0 N–H and O–H groups in total. The molecule has 0 fully saturated rings. The van der Waals surface area contributed by atoms with Gasteiger partial charge in [-0.1, -0.05) is 41.4 Å². The summed E-state index contributed by atoms with van der Waals surface area (Å²) in [7, 11) is 0. The molecule has 0 aliphatic carbocycles. The van der Waals surface area contributed by atoms with Crippen molar-refractivity contribution in [3.8, 4) is 0 Å². The first kappa shape index (κ1) is 19.4. The fourth-order valence-electron chi connectivity index (χ4n) is 3.76. The van der Waals surface area contributed by atoms with Crippen molar-refractivity contribution in [2.75, 3.05) is 0 Å². The molecule has 8 heteroatoms. The quantitative estimate of drug-likeness (QED) is 0.471. The molecule has 1 aliphatic heterocycles. The van der Waals surface area contributed by atoms with Gasteiger partial charge in [0, 0.05) is 17.5 Å². The van der Waals surface area contributed by atoms with Crippen molar-refractivity contribution < 1.29 is 13.6 Å². The standard InChI is InChI=1S/C23H18ClN3O4/c1-14-4-6-15(7-5-14)17-12-19(20-3-2-10-30-20)27(25-17)22(28)13-26-18-9-8-16(24)11-21(18)31-23(26)29/h2-11,19H,12-13H2,1H3. The summed E-state index contributed by atoms with van der Waals surface area (Å²) in [6.45, 7) is 1.80. The van der Waals surface area contributed by atoms with E-state index in [4.69, 9.17) is 20.4 Å². The topological polar surface area (TPSA) is 81.0 Å². The van der Waals surface area contributed by atoms with Crippen molar-refractivity contribution >= 4 is 34.3 Å². The van der Waals surface area contributed by atoms with Gasteiger partial charge in [-0.3, -0.25) is 9.36 Å². The minimum atomic E-state index is -0.623. The van der Waals surface area contributed by atoms with Gasteiger partial charge < -0.3 is 8.83 Å². The van der Waals surface area contributed by atoms with E-state index >= 15 is 0 Å². The minimum Gasteiger partial charge on any atom is -0.467 e. The van der Waals surface area contributed by atoms with Crippen LogP contribution in [-0.2, 0) is 11.3 Å². The Morgan fingerprint density at radius 2 is 2.00 bits per heavy atom. The van der Waals surface area contributed by atoms with E-state index in [0.29, 0.717) is 28.3 Å². The van der Waals surface area contributed by atoms with Crippen molar-refractivity contribution in [2.24, 2.45) is 5.10 Å². The first-order valence-electron chi connectivity index (χ1n) is 9.78. The second-order valence-corrected chi connectivity index (χ2v) is 7.89. The Morgan fingerprint density at radius 1 is 1.19 bits per heavy atom. The number of halogens is 1. The summed E-state index contributed by atoms with van der Waals surface area (Å²) < 4.78 is 12.1. The predicted molar refractivity (Wildman–Crippen MR) is 116 cm³/mol. The van der Waals surface area contributed by atoms with Gasteiger partial charge in [-0.25, -0.2) is 9.80 Å². The van der Waals surface area contributed by atoms with Gasteiger partial charge >= 0.3 is 5.76 Å². The number of benzene rings is 2. The number of oxazole rings is 1. The number of aromatic nitrogens is 1. The summed E-state index contributed by atoms with van der Waals surface area (Å²) in [5.41, 5.74) is 3.70. The third-order valence-electron chi connectivity index (χ3n) is 5.35. The lowest BCUT2D eigenvalue weighted by Crippen LogP contribution is -2.32. The third kappa shape index (κ3) is 3.57. The molecule has 0 spiro atoms. The number of rotatable bonds is 4. The maximum absolute atomic E-state index is 13.3. The van der Waals surface area contributed by atoms with Gasteiger partial charge in [-0.2, -0.15) is 5.10 Å². The first-order chi connectivity index (χ1) is 15.0. The number of carbonyl (C=O) groups is 1. The number of hydrazone groups is 1. The maximum atomic E-state index is 13.3. The smallest absolute Gasteiger partial charge is 0.420 e. The summed E-state index contributed by atoms with van der Waals surface area (Å²) >= 11 is 5.98. The molecular weight excluding hydrogens is 418 g/mol. The first-order valence-corrected chi connectivity index (χ1v) is 10.2. The second kappa shape index (κ2) is 7.59. The van der Waals surface area contributed by atoms with Crippen LogP contribution in [0.2, 0.25) is 5.02 Å². The Bertz CT molecular complexity index is 1350. The number of aryl methyl sites for hydroxylation is 1.